The van der Waals surface area contributed by atoms with Crippen LogP contribution in [0.4, 0.5) is 0 Å². The number of ether oxygens (including phenoxy) is 1. The van der Waals surface area contributed by atoms with Crippen molar-refractivity contribution in [2.45, 2.75) is 26.2 Å². The van der Waals surface area contributed by atoms with E-state index in [1.807, 2.05) is 42.5 Å². The molecule has 0 aromatic heterocycles. The Bertz CT molecular complexity index is 1310. The van der Waals surface area contributed by atoms with E-state index in [0.717, 1.165) is 22.3 Å². The third-order valence-electron chi connectivity index (χ3n) is 6.05. The maximum Gasteiger partial charge on any atom is 0.223 e. The van der Waals surface area contributed by atoms with Gasteiger partial charge in [-0.05, 0) is 57.5 Å². The van der Waals surface area contributed by atoms with Crippen molar-refractivity contribution >= 4 is 11.8 Å². The van der Waals surface area contributed by atoms with Crippen LogP contribution in [0.1, 0.15) is 37.5 Å². The van der Waals surface area contributed by atoms with Gasteiger partial charge >= 0.3 is 0 Å². The molecule has 0 atom stereocenters. The molecule has 0 aliphatic carbocycles. The van der Waals surface area contributed by atoms with Crippen molar-refractivity contribution in [3.63, 3.8) is 0 Å². The normalized spacial score (nSPS) is 12.5. The van der Waals surface area contributed by atoms with Gasteiger partial charge in [-0.2, -0.15) is 0 Å². The van der Waals surface area contributed by atoms with Crippen molar-refractivity contribution in [1.29, 1.82) is 0 Å². The smallest absolute Gasteiger partial charge is 0.223 e. The zero-order valence-corrected chi connectivity index (χ0v) is 21.1. The van der Waals surface area contributed by atoms with Gasteiger partial charge in [-0.15, -0.1) is 0 Å². The molecule has 0 radical (unpaired) electrons. The fraction of sp³-hybridized carbons (Fsp3) is 0.188. The SMILES string of the molecule is CN=C(OC(=NC)c1ccc(-c2ccc(C(C)(C)C)cc2)cc1)c1ccc(-c2ccccc2)cc1. The summed E-state index contributed by atoms with van der Waals surface area (Å²) < 4.78 is 6.17. The summed E-state index contributed by atoms with van der Waals surface area (Å²) in [6.07, 6.45) is 0. The molecule has 0 bridgehead atoms. The molecular formula is C32H32N2O. The molecule has 176 valence electrons. The quantitative estimate of drug-likeness (QED) is 0.226. The average molecular weight is 461 g/mol. The lowest BCUT2D eigenvalue weighted by Gasteiger charge is -2.19. The summed E-state index contributed by atoms with van der Waals surface area (Å²) in [7, 11) is 3.47. The first-order valence-corrected chi connectivity index (χ1v) is 11.9. The van der Waals surface area contributed by atoms with Gasteiger partial charge in [-0.1, -0.05) is 99.6 Å². The van der Waals surface area contributed by atoms with Gasteiger partial charge in [0, 0.05) is 25.2 Å². The Morgan fingerprint density at radius 2 is 0.886 bits per heavy atom. The van der Waals surface area contributed by atoms with E-state index in [1.165, 1.54) is 16.7 Å². The number of hydrogen-bond acceptors (Lipinski definition) is 3. The van der Waals surface area contributed by atoms with E-state index in [9.17, 15) is 0 Å². The zero-order valence-electron chi connectivity index (χ0n) is 21.1. The van der Waals surface area contributed by atoms with Crippen molar-refractivity contribution in [2.75, 3.05) is 14.1 Å². The van der Waals surface area contributed by atoms with E-state index < -0.39 is 0 Å². The van der Waals surface area contributed by atoms with Gasteiger partial charge in [0.25, 0.3) is 0 Å². The molecule has 0 fully saturated rings. The molecule has 4 rings (SSSR count). The van der Waals surface area contributed by atoms with Crippen molar-refractivity contribution < 1.29 is 4.74 Å². The van der Waals surface area contributed by atoms with Crippen molar-refractivity contribution in [2.24, 2.45) is 9.98 Å². The highest BCUT2D eigenvalue weighted by Gasteiger charge is 2.14. The second kappa shape index (κ2) is 10.5. The molecule has 0 spiro atoms. The lowest BCUT2D eigenvalue weighted by molar-refractivity contribution is 0.545. The minimum atomic E-state index is 0.145. The van der Waals surface area contributed by atoms with Crippen molar-refractivity contribution in [3.8, 4) is 22.3 Å². The Balaban J connectivity index is 1.49. The van der Waals surface area contributed by atoms with Gasteiger partial charge in [-0.25, -0.2) is 0 Å². The van der Waals surface area contributed by atoms with Crippen molar-refractivity contribution in [3.05, 3.63) is 120 Å². The Morgan fingerprint density at radius 1 is 0.514 bits per heavy atom. The predicted octanol–water partition coefficient (Wildman–Crippen LogP) is 7.79. The highest BCUT2D eigenvalue weighted by atomic mass is 16.5. The molecule has 0 unspecified atom stereocenters. The monoisotopic (exact) mass is 460 g/mol. The van der Waals surface area contributed by atoms with Gasteiger partial charge in [0.05, 0.1) is 0 Å². The van der Waals surface area contributed by atoms with Crippen LogP contribution in [0.3, 0.4) is 0 Å². The van der Waals surface area contributed by atoms with Gasteiger partial charge in [0.2, 0.25) is 11.8 Å². The molecular weight excluding hydrogens is 428 g/mol. The molecule has 0 amide bonds. The van der Waals surface area contributed by atoms with Crippen LogP contribution in [0.15, 0.2) is 113 Å². The van der Waals surface area contributed by atoms with E-state index in [1.54, 1.807) is 14.1 Å². The zero-order chi connectivity index (χ0) is 24.8. The summed E-state index contributed by atoms with van der Waals surface area (Å²) in [4.78, 5) is 8.77. The molecule has 4 aromatic carbocycles. The lowest BCUT2D eigenvalue weighted by Crippen LogP contribution is -2.15. The Hall–Kier alpha value is -3.98. The first-order valence-electron chi connectivity index (χ1n) is 11.9. The van der Waals surface area contributed by atoms with Crippen LogP contribution in [-0.2, 0) is 10.2 Å². The van der Waals surface area contributed by atoms with Gasteiger partial charge in [0.15, 0.2) is 0 Å². The third kappa shape index (κ3) is 5.75. The minimum absolute atomic E-state index is 0.145. The van der Waals surface area contributed by atoms with Crippen molar-refractivity contribution in [1.82, 2.24) is 0 Å². The fourth-order valence-corrected chi connectivity index (χ4v) is 3.96. The number of benzene rings is 4. The molecule has 3 nitrogen and oxygen atoms in total. The Morgan fingerprint density at radius 3 is 1.26 bits per heavy atom. The molecule has 0 heterocycles. The minimum Gasteiger partial charge on any atom is -0.420 e. The summed E-state index contributed by atoms with van der Waals surface area (Å²) in [6, 6.07) is 35.6. The largest absolute Gasteiger partial charge is 0.420 e. The average Bonchev–Trinajstić information content (AvgIpc) is 2.90. The van der Waals surface area contributed by atoms with Crippen LogP contribution in [0, 0.1) is 0 Å². The highest BCUT2D eigenvalue weighted by Crippen LogP contribution is 2.26. The second-order valence-corrected chi connectivity index (χ2v) is 9.51. The van der Waals surface area contributed by atoms with Crippen LogP contribution >= 0.6 is 0 Å². The maximum atomic E-state index is 6.17. The number of aliphatic imine (C=N–C) groups is 2. The van der Waals surface area contributed by atoms with E-state index >= 15 is 0 Å². The van der Waals surface area contributed by atoms with Crippen LogP contribution in [0.25, 0.3) is 22.3 Å². The van der Waals surface area contributed by atoms with Crippen LogP contribution < -0.4 is 0 Å². The fourth-order valence-electron chi connectivity index (χ4n) is 3.96. The number of hydrogen-bond donors (Lipinski definition) is 0. The first kappa shape index (κ1) is 24.2. The molecule has 4 aromatic rings. The lowest BCUT2D eigenvalue weighted by atomic mass is 9.86. The topological polar surface area (TPSA) is 34.0 Å². The van der Waals surface area contributed by atoms with Gasteiger partial charge < -0.3 is 4.74 Å². The number of rotatable bonds is 4. The summed E-state index contributed by atoms with van der Waals surface area (Å²) in [6.45, 7) is 6.69. The summed E-state index contributed by atoms with van der Waals surface area (Å²) in [5.74, 6) is 1.07. The molecule has 0 aliphatic rings. The van der Waals surface area contributed by atoms with Gasteiger partial charge in [0.1, 0.15) is 0 Å². The maximum absolute atomic E-state index is 6.17. The standard InChI is InChI=1S/C32H32N2O/c1-32(2,3)29-21-19-26(20-22-29)25-13-17-28(18-14-25)31(34-5)35-30(33-4)27-15-11-24(12-16-27)23-9-7-6-8-10-23/h6-22H,1-5H3. The first-order chi connectivity index (χ1) is 16.9. The Kier molecular flexibility index (Phi) is 7.26. The molecule has 0 saturated carbocycles. The summed E-state index contributed by atoms with van der Waals surface area (Å²) in [5.41, 5.74) is 7.97. The summed E-state index contributed by atoms with van der Waals surface area (Å²) in [5, 5.41) is 0. The second-order valence-electron chi connectivity index (χ2n) is 9.51. The molecule has 3 heteroatoms. The number of nitrogens with zero attached hydrogens (tertiary/aromatic N) is 2. The molecule has 0 aliphatic heterocycles. The molecule has 35 heavy (non-hydrogen) atoms. The van der Waals surface area contributed by atoms with E-state index in [2.05, 4.69) is 91.4 Å². The predicted molar refractivity (Wildman–Crippen MR) is 148 cm³/mol. The highest BCUT2D eigenvalue weighted by molar-refractivity contribution is 6.07. The van der Waals surface area contributed by atoms with E-state index in [0.29, 0.717) is 11.8 Å². The van der Waals surface area contributed by atoms with E-state index in [-0.39, 0.29) is 5.41 Å². The van der Waals surface area contributed by atoms with E-state index in [4.69, 9.17) is 4.74 Å². The van der Waals surface area contributed by atoms with Gasteiger partial charge in [-0.3, -0.25) is 9.98 Å². The third-order valence-corrected chi connectivity index (χ3v) is 6.05. The summed E-state index contributed by atoms with van der Waals surface area (Å²) >= 11 is 0. The van der Waals surface area contributed by atoms with Crippen LogP contribution in [-0.4, -0.2) is 25.9 Å². The molecule has 0 N–H and O–H groups in total. The molecule has 0 saturated heterocycles. The Labute approximate surface area is 208 Å². The van der Waals surface area contributed by atoms with Crippen LogP contribution in [0.5, 0.6) is 0 Å². The van der Waals surface area contributed by atoms with Crippen LogP contribution in [0.2, 0.25) is 0 Å².